The maximum atomic E-state index is 12.0. The number of imide groups is 1. The van der Waals surface area contributed by atoms with Crippen LogP contribution in [-0.4, -0.2) is 37.3 Å². The first-order chi connectivity index (χ1) is 12.5. The normalized spacial score (nSPS) is 21.0. The predicted molar refractivity (Wildman–Crippen MR) is 90.9 cm³/mol. The van der Waals surface area contributed by atoms with Crippen LogP contribution in [0, 0.1) is 5.92 Å². The summed E-state index contributed by atoms with van der Waals surface area (Å²) in [4.78, 5) is 35.7. The van der Waals surface area contributed by atoms with Crippen molar-refractivity contribution in [2.75, 3.05) is 13.4 Å². The molecule has 0 radical (unpaired) electrons. The van der Waals surface area contributed by atoms with E-state index in [9.17, 15) is 14.4 Å². The number of rotatable bonds is 4. The standard InChI is InChI=1S/C18H22N2O6/c1-11-4-2-3-5-13(11)19-18(23)20-16(21)9-24-17(22)12-6-7-14-15(8-12)26-10-25-14/h6-8,11,13H,2-5,9-10H2,1H3,(H2,19,20,21,23)/t11-,13+/m0/s1. The first-order valence-electron chi connectivity index (χ1n) is 8.70. The number of urea groups is 1. The Morgan fingerprint density at radius 1 is 1.15 bits per heavy atom. The molecule has 1 fully saturated rings. The molecule has 0 unspecified atom stereocenters. The van der Waals surface area contributed by atoms with Crippen molar-refractivity contribution in [3.05, 3.63) is 23.8 Å². The third-order valence-electron chi connectivity index (χ3n) is 4.62. The fourth-order valence-electron chi connectivity index (χ4n) is 3.14. The van der Waals surface area contributed by atoms with Crippen molar-refractivity contribution in [3.8, 4) is 11.5 Å². The van der Waals surface area contributed by atoms with Crippen LogP contribution in [0.25, 0.3) is 0 Å². The number of fused-ring (bicyclic) bond motifs is 1. The van der Waals surface area contributed by atoms with Crippen LogP contribution < -0.4 is 20.1 Å². The molecule has 0 saturated heterocycles. The lowest BCUT2D eigenvalue weighted by atomic mass is 9.86. The van der Waals surface area contributed by atoms with Crippen molar-refractivity contribution >= 4 is 17.9 Å². The Bertz CT molecular complexity index is 705. The van der Waals surface area contributed by atoms with Gasteiger partial charge in [0.15, 0.2) is 18.1 Å². The van der Waals surface area contributed by atoms with E-state index < -0.39 is 24.5 Å². The highest BCUT2D eigenvalue weighted by atomic mass is 16.7. The second-order valence-electron chi connectivity index (χ2n) is 6.53. The molecular weight excluding hydrogens is 340 g/mol. The van der Waals surface area contributed by atoms with Gasteiger partial charge in [0.1, 0.15) is 0 Å². The number of benzene rings is 1. The van der Waals surface area contributed by atoms with Crippen LogP contribution in [0.1, 0.15) is 43.0 Å². The molecule has 0 spiro atoms. The molecule has 0 aromatic heterocycles. The second kappa shape index (κ2) is 8.07. The first-order valence-corrected chi connectivity index (χ1v) is 8.70. The highest BCUT2D eigenvalue weighted by molar-refractivity contribution is 5.97. The molecule has 140 valence electrons. The van der Waals surface area contributed by atoms with Crippen LogP contribution in [0.5, 0.6) is 11.5 Å². The molecule has 1 aliphatic heterocycles. The van der Waals surface area contributed by atoms with Crippen molar-refractivity contribution in [1.82, 2.24) is 10.6 Å². The van der Waals surface area contributed by atoms with Gasteiger partial charge >= 0.3 is 12.0 Å². The van der Waals surface area contributed by atoms with Gasteiger partial charge in [-0.25, -0.2) is 9.59 Å². The Morgan fingerprint density at radius 2 is 1.92 bits per heavy atom. The van der Waals surface area contributed by atoms with E-state index in [0.29, 0.717) is 17.4 Å². The summed E-state index contributed by atoms with van der Waals surface area (Å²) in [5, 5.41) is 4.99. The number of esters is 1. The van der Waals surface area contributed by atoms with Crippen molar-refractivity contribution in [3.63, 3.8) is 0 Å². The van der Waals surface area contributed by atoms with Crippen LogP contribution in [-0.2, 0) is 9.53 Å². The lowest BCUT2D eigenvalue weighted by molar-refractivity contribution is -0.123. The number of hydrogen-bond acceptors (Lipinski definition) is 6. The Labute approximate surface area is 151 Å². The van der Waals surface area contributed by atoms with E-state index in [4.69, 9.17) is 14.2 Å². The van der Waals surface area contributed by atoms with Gasteiger partial charge in [0.25, 0.3) is 5.91 Å². The molecule has 2 N–H and O–H groups in total. The van der Waals surface area contributed by atoms with Gasteiger partial charge in [-0.15, -0.1) is 0 Å². The summed E-state index contributed by atoms with van der Waals surface area (Å²) >= 11 is 0. The van der Waals surface area contributed by atoms with Crippen LogP contribution in [0.2, 0.25) is 0 Å². The van der Waals surface area contributed by atoms with E-state index in [0.717, 1.165) is 25.7 Å². The molecule has 8 heteroatoms. The summed E-state index contributed by atoms with van der Waals surface area (Å²) in [6.45, 7) is 1.64. The Hall–Kier alpha value is -2.77. The van der Waals surface area contributed by atoms with Gasteiger partial charge in [0.05, 0.1) is 5.56 Å². The molecule has 1 aromatic rings. The van der Waals surface area contributed by atoms with E-state index >= 15 is 0 Å². The fraction of sp³-hybridized carbons (Fsp3) is 0.500. The number of nitrogens with one attached hydrogen (secondary N) is 2. The van der Waals surface area contributed by atoms with Crippen molar-refractivity contribution < 1.29 is 28.6 Å². The zero-order valence-corrected chi connectivity index (χ0v) is 14.6. The molecule has 26 heavy (non-hydrogen) atoms. The van der Waals surface area contributed by atoms with Crippen LogP contribution >= 0.6 is 0 Å². The van der Waals surface area contributed by atoms with E-state index in [1.807, 2.05) is 0 Å². The minimum absolute atomic E-state index is 0.0627. The smallest absolute Gasteiger partial charge is 0.338 e. The summed E-state index contributed by atoms with van der Waals surface area (Å²) in [5.41, 5.74) is 0.238. The number of ether oxygens (including phenoxy) is 3. The number of carbonyl (C=O) groups is 3. The lowest BCUT2D eigenvalue weighted by Crippen LogP contribution is -2.48. The van der Waals surface area contributed by atoms with Gasteiger partial charge in [0, 0.05) is 6.04 Å². The number of carbonyl (C=O) groups excluding carboxylic acids is 3. The van der Waals surface area contributed by atoms with Gasteiger partial charge < -0.3 is 19.5 Å². The summed E-state index contributed by atoms with van der Waals surface area (Å²) in [6, 6.07) is 4.10. The van der Waals surface area contributed by atoms with Gasteiger partial charge in [-0.2, -0.15) is 0 Å². The zero-order valence-electron chi connectivity index (χ0n) is 14.6. The quantitative estimate of drug-likeness (QED) is 0.794. The molecule has 3 rings (SSSR count). The monoisotopic (exact) mass is 362 g/mol. The lowest BCUT2D eigenvalue weighted by Gasteiger charge is -2.29. The Morgan fingerprint density at radius 3 is 2.73 bits per heavy atom. The van der Waals surface area contributed by atoms with Gasteiger partial charge in [-0.1, -0.05) is 19.8 Å². The van der Waals surface area contributed by atoms with Crippen molar-refractivity contribution in [2.24, 2.45) is 5.92 Å². The highest BCUT2D eigenvalue weighted by Gasteiger charge is 2.23. The fourth-order valence-corrected chi connectivity index (χ4v) is 3.14. The van der Waals surface area contributed by atoms with Crippen LogP contribution in [0.15, 0.2) is 18.2 Å². The molecule has 8 nitrogen and oxygen atoms in total. The van der Waals surface area contributed by atoms with Crippen LogP contribution in [0.3, 0.4) is 0 Å². The third kappa shape index (κ3) is 4.44. The number of amides is 3. The third-order valence-corrected chi connectivity index (χ3v) is 4.62. The minimum Gasteiger partial charge on any atom is -0.454 e. The minimum atomic E-state index is -0.681. The molecule has 1 saturated carbocycles. The molecule has 2 aliphatic rings. The molecule has 1 aromatic carbocycles. The topological polar surface area (TPSA) is 103 Å². The molecule has 3 amide bonds. The SMILES string of the molecule is C[C@H]1CCCC[C@H]1NC(=O)NC(=O)COC(=O)c1ccc2c(c1)OCO2. The van der Waals surface area contributed by atoms with Crippen LogP contribution in [0.4, 0.5) is 4.79 Å². The van der Waals surface area contributed by atoms with Crippen molar-refractivity contribution in [1.29, 1.82) is 0 Å². The summed E-state index contributed by atoms with van der Waals surface area (Å²) in [5.74, 6) is 0.0195. The highest BCUT2D eigenvalue weighted by Crippen LogP contribution is 2.32. The first kappa shape index (κ1) is 18.0. The second-order valence-corrected chi connectivity index (χ2v) is 6.53. The predicted octanol–water partition coefficient (Wildman–Crippen LogP) is 1.98. The average Bonchev–Trinajstić information content (AvgIpc) is 3.09. The summed E-state index contributed by atoms with van der Waals surface area (Å²) < 4.78 is 15.3. The maximum absolute atomic E-state index is 12.0. The zero-order chi connectivity index (χ0) is 18.5. The average molecular weight is 362 g/mol. The summed E-state index contributed by atoms with van der Waals surface area (Å²) in [6.07, 6.45) is 4.19. The molecular formula is C18H22N2O6. The van der Waals surface area contributed by atoms with Crippen molar-refractivity contribution in [2.45, 2.75) is 38.6 Å². The Balaban J connectivity index is 1.43. The molecule has 0 bridgehead atoms. The summed E-state index contributed by atoms with van der Waals surface area (Å²) in [7, 11) is 0. The maximum Gasteiger partial charge on any atom is 0.338 e. The van der Waals surface area contributed by atoms with Gasteiger partial charge in [0.2, 0.25) is 6.79 Å². The van der Waals surface area contributed by atoms with E-state index in [2.05, 4.69) is 17.6 Å². The number of hydrogen-bond donors (Lipinski definition) is 2. The van der Waals surface area contributed by atoms with E-state index in [1.165, 1.54) is 12.1 Å². The molecule has 1 heterocycles. The largest absolute Gasteiger partial charge is 0.454 e. The molecule has 2 atom stereocenters. The van der Waals surface area contributed by atoms with Gasteiger partial charge in [-0.3, -0.25) is 10.1 Å². The molecule has 1 aliphatic carbocycles. The van der Waals surface area contributed by atoms with E-state index in [1.54, 1.807) is 6.07 Å². The Kier molecular flexibility index (Phi) is 5.60. The van der Waals surface area contributed by atoms with Gasteiger partial charge in [-0.05, 0) is 37.0 Å². The van der Waals surface area contributed by atoms with E-state index in [-0.39, 0.29) is 18.4 Å².